The molecule has 1 aliphatic heterocycles. The third-order valence-corrected chi connectivity index (χ3v) is 4.30. The minimum atomic E-state index is -0.444. The number of hydrogen-bond donors (Lipinski definition) is 2. The number of urea groups is 1. The van der Waals surface area contributed by atoms with Gasteiger partial charge in [0.1, 0.15) is 25.6 Å². The van der Waals surface area contributed by atoms with Crippen LogP contribution in [0.25, 0.3) is 0 Å². The normalized spacial score (nSPS) is 12.1. The van der Waals surface area contributed by atoms with Crippen LogP contribution in [-0.2, 0) is 16.1 Å². The van der Waals surface area contributed by atoms with Crippen LogP contribution in [0, 0.1) is 0 Å². The van der Waals surface area contributed by atoms with Crippen molar-refractivity contribution in [1.29, 1.82) is 0 Å². The van der Waals surface area contributed by atoms with Crippen LogP contribution in [-0.4, -0.2) is 38.9 Å². The second-order valence-electron chi connectivity index (χ2n) is 6.12. The molecule has 0 fully saturated rings. The molecule has 0 unspecified atom stereocenters. The molecule has 0 saturated heterocycles. The standard InChI is InChI=1S/C20H21ClN2O6/c1-26-15-4-2-14(3-5-15)23-20(25)22-7-6-18(24)29-12-13-10-16(21)19-17(11-13)27-8-9-28-19/h2-5,10-11H,6-9,12H2,1H3,(H2,22,23,25). The van der Waals surface area contributed by atoms with E-state index in [2.05, 4.69) is 10.6 Å². The van der Waals surface area contributed by atoms with Crippen molar-refractivity contribution in [3.63, 3.8) is 0 Å². The van der Waals surface area contributed by atoms with Crippen LogP contribution in [0.5, 0.6) is 17.2 Å². The molecule has 0 atom stereocenters. The SMILES string of the molecule is COc1ccc(NC(=O)NCCC(=O)OCc2cc(Cl)c3c(c2)OCCO3)cc1. The number of benzene rings is 2. The molecule has 0 spiro atoms. The van der Waals surface area contributed by atoms with E-state index in [-0.39, 0.29) is 19.6 Å². The van der Waals surface area contributed by atoms with Gasteiger partial charge < -0.3 is 29.6 Å². The van der Waals surface area contributed by atoms with E-state index in [1.165, 1.54) is 0 Å². The number of anilines is 1. The lowest BCUT2D eigenvalue weighted by atomic mass is 10.2. The molecule has 0 bridgehead atoms. The molecular formula is C20H21ClN2O6. The largest absolute Gasteiger partial charge is 0.497 e. The predicted octanol–water partition coefficient (Wildman–Crippen LogP) is 3.37. The molecule has 2 N–H and O–H groups in total. The molecule has 9 heteroatoms. The molecule has 0 aliphatic carbocycles. The summed E-state index contributed by atoms with van der Waals surface area (Å²) in [5.74, 6) is 1.28. The summed E-state index contributed by atoms with van der Waals surface area (Å²) in [6, 6.07) is 9.88. The molecule has 3 rings (SSSR count). The average molecular weight is 421 g/mol. The van der Waals surface area contributed by atoms with Gasteiger partial charge >= 0.3 is 12.0 Å². The second kappa shape index (κ2) is 9.88. The van der Waals surface area contributed by atoms with Crippen molar-refractivity contribution in [1.82, 2.24) is 5.32 Å². The summed E-state index contributed by atoms with van der Waals surface area (Å²) in [6.45, 7) is 1.08. The Kier molecular flexibility index (Phi) is 7.02. The van der Waals surface area contributed by atoms with Crippen molar-refractivity contribution in [3.8, 4) is 17.2 Å². The fourth-order valence-corrected chi connectivity index (χ4v) is 2.90. The number of carbonyl (C=O) groups excluding carboxylic acids is 2. The molecule has 1 heterocycles. The van der Waals surface area contributed by atoms with Crippen LogP contribution in [0.3, 0.4) is 0 Å². The molecule has 0 radical (unpaired) electrons. The zero-order valence-electron chi connectivity index (χ0n) is 15.8. The number of nitrogens with one attached hydrogen (secondary N) is 2. The quantitative estimate of drug-likeness (QED) is 0.667. The van der Waals surface area contributed by atoms with Crippen molar-refractivity contribution < 1.29 is 28.5 Å². The maximum absolute atomic E-state index is 11.9. The van der Waals surface area contributed by atoms with Crippen molar-refractivity contribution >= 4 is 29.3 Å². The Labute approximate surface area is 173 Å². The van der Waals surface area contributed by atoms with E-state index < -0.39 is 12.0 Å². The number of methoxy groups -OCH3 is 1. The number of carbonyl (C=O) groups is 2. The van der Waals surface area contributed by atoms with Gasteiger partial charge in [0.05, 0.1) is 18.6 Å². The summed E-state index contributed by atoms with van der Waals surface area (Å²) in [7, 11) is 1.57. The number of amides is 2. The van der Waals surface area contributed by atoms with Gasteiger partial charge in [-0.15, -0.1) is 0 Å². The lowest BCUT2D eigenvalue weighted by Gasteiger charge is -2.20. The highest BCUT2D eigenvalue weighted by molar-refractivity contribution is 6.32. The van der Waals surface area contributed by atoms with Gasteiger partial charge in [-0.05, 0) is 42.0 Å². The van der Waals surface area contributed by atoms with Crippen molar-refractivity contribution in [2.45, 2.75) is 13.0 Å². The number of ether oxygens (including phenoxy) is 4. The van der Waals surface area contributed by atoms with E-state index >= 15 is 0 Å². The first kappa shape index (κ1) is 20.6. The molecule has 1 aliphatic rings. The van der Waals surface area contributed by atoms with Crippen LogP contribution in [0.1, 0.15) is 12.0 Å². The highest BCUT2D eigenvalue weighted by atomic mass is 35.5. The number of hydrogen-bond acceptors (Lipinski definition) is 6. The molecule has 154 valence electrons. The van der Waals surface area contributed by atoms with Gasteiger partial charge in [-0.3, -0.25) is 4.79 Å². The molecule has 8 nitrogen and oxygen atoms in total. The third kappa shape index (κ3) is 5.92. The van der Waals surface area contributed by atoms with Crippen LogP contribution in [0.15, 0.2) is 36.4 Å². The number of esters is 1. The third-order valence-electron chi connectivity index (χ3n) is 4.02. The summed E-state index contributed by atoms with van der Waals surface area (Å²) in [6.07, 6.45) is 0.0360. The smallest absolute Gasteiger partial charge is 0.319 e. The highest BCUT2D eigenvalue weighted by Crippen LogP contribution is 2.38. The van der Waals surface area contributed by atoms with E-state index in [0.29, 0.717) is 46.7 Å². The topological polar surface area (TPSA) is 95.1 Å². The van der Waals surface area contributed by atoms with Gasteiger partial charge in [0.15, 0.2) is 11.5 Å². The van der Waals surface area contributed by atoms with Crippen LogP contribution in [0.2, 0.25) is 5.02 Å². The van der Waals surface area contributed by atoms with E-state index in [0.717, 1.165) is 0 Å². The zero-order valence-corrected chi connectivity index (χ0v) is 16.6. The summed E-state index contributed by atoms with van der Waals surface area (Å²) in [4.78, 5) is 23.8. The van der Waals surface area contributed by atoms with E-state index in [4.69, 9.17) is 30.5 Å². The van der Waals surface area contributed by atoms with Gasteiger partial charge in [0.25, 0.3) is 0 Å². The maximum atomic E-state index is 11.9. The maximum Gasteiger partial charge on any atom is 0.319 e. The van der Waals surface area contributed by atoms with Gasteiger partial charge in [-0.1, -0.05) is 11.6 Å². The van der Waals surface area contributed by atoms with Gasteiger partial charge in [0, 0.05) is 12.2 Å². The van der Waals surface area contributed by atoms with Gasteiger partial charge in [-0.2, -0.15) is 0 Å². The molecule has 2 aromatic rings. The van der Waals surface area contributed by atoms with Gasteiger partial charge in [0.2, 0.25) is 0 Å². The second-order valence-corrected chi connectivity index (χ2v) is 6.53. The summed E-state index contributed by atoms with van der Waals surface area (Å²) in [5.41, 5.74) is 1.30. The molecular weight excluding hydrogens is 400 g/mol. The first-order valence-corrected chi connectivity index (χ1v) is 9.35. The van der Waals surface area contributed by atoms with E-state index in [1.807, 2.05) is 0 Å². The lowest BCUT2D eigenvalue weighted by Crippen LogP contribution is -2.30. The van der Waals surface area contributed by atoms with Crippen LogP contribution >= 0.6 is 11.6 Å². The number of rotatable bonds is 7. The summed E-state index contributed by atoms with van der Waals surface area (Å²) >= 11 is 6.16. The summed E-state index contributed by atoms with van der Waals surface area (Å²) in [5, 5.41) is 5.67. The van der Waals surface area contributed by atoms with Gasteiger partial charge in [-0.25, -0.2) is 4.79 Å². The Bertz CT molecular complexity index is 872. The Morgan fingerprint density at radius 3 is 2.66 bits per heavy atom. The Morgan fingerprint density at radius 2 is 1.90 bits per heavy atom. The monoisotopic (exact) mass is 420 g/mol. The zero-order chi connectivity index (χ0) is 20.6. The minimum absolute atomic E-state index is 0.0360. The molecule has 2 amide bonds. The molecule has 2 aromatic carbocycles. The number of halogens is 1. The van der Waals surface area contributed by atoms with Crippen molar-refractivity contribution in [2.24, 2.45) is 0 Å². The fourth-order valence-electron chi connectivity index (χ4n) is 2.61. The van der Waals surface area contributed by atoms with Crippen LogP contribution in [0.4, 0.5) is 10.5 Å². The highest BCUT2D eigenvalue weighted by Gasteiger charge is 2.17. The lowest BCUT2D eigenvalue weighted by molar-refractivity contribution is -0.144. The van der Waals surface area contributed by atoms with E-state index in [9.17, 15) is 9.59 Å². The number of fused-ring (bicyclic) bond motifs is 1. The average Bonchev–Trinajstić information content (AvgIpc) is 2.73. The minimum Gasteiger partial charge on any atom is -0.497 e. The summed E-state index contributed by atoms with van der Waals surface area (Å²) < 4.78 is 21.2. The van der Waals surface area contributed by atoms with Crippen molar-refractivity contribution in [2.75, 3.05) is 32.2 Å². The molecule has 0 saturated carbocycles. The Balaban J connectivity index is 1.38. The van der Waals surface area contributed by atoms with E-state index in [1.54, 1.807) is 43.5 Å². The first-order chi connectivity index (χ1) is 14.0. The Hall–Kier alpha value is -3.13. The first-order valence-electron chi connectivity index (χ1n) is 8.97. The fraction of sp³-hybridized carbons (Fsp3) is 0.300. The van der Waals surface area contributed by atoms with Crippen molar-refractivity contribution in [3.05, 3.63) is 47.0 Å². The van der Waals surface area contributed by atoms with Crippen LogP contribution < -0.4 is 24.8 Å². The molecule has 0 aromatic heterocycles. The Morgan fingerprint density at radius 1 is 1.14 bits per heavy atom. The molecule has 29 heavy (non-hydrogen) atoms. The predicted molar refractivity (Wildman–Crippen MR) is 107 cm³/mol.